The molecule has 8 rings (SSSR count). The van der Waals surface area contributed by atoms with E-state index in [1.54, 1.807) is 0 Å². The molecule has 6 aromatic carbocycles. The van der Waals surface area contributed by atoms with E-state index in [2.05, 4.69) is 132 Å². The van der Waals surface area contributed by atoms with Gasteiger partial charge in [0, 0.05) is 34.3 Å². The molecule has 168 valence electrons. The molecule has 0 atom stereocenters. The molecule has 2 heterocycles. The van der Waals surface area contributed by atoms with Crippen molar-refractivity contribution in [2.24, 2.45) is 0 Å². The summed E-state index contributed by atoms with van der Waals surface area (Å²) in [5.41, 5.74) is 2.57. The molecule has 5 heteroatoms. The Bertz CT molecular complexity index is 1850. The van der Waals surface area contributed by atoms with Crippen molar-refractivity contribution in [2.45, 2.75) is 0 Å². The molecule has 0 aromatic heterocycles. The van der Waals surface area contributed by atoms with Gasteiger partial charge in [-0.15, -0.1) is 0 Å². The maximum atomic E-state index is 2.52. The van der Waals surface area contributed by atoms with Gasteiger partial charge < -0.3 is 18.6 Å². The third-order valence-corrected chi connectivity index (χ3v) is 9.06. The first-order chi connectivity index (χ1) is 17.0. The van der Waals surface area contributed by atoms with Gasteiger partial charge in [0.2, 0.25) is 0 Å². The quantitative estimate of drug-likeness (QED) is 0.323. The van der Waals surface area contributed by atoms with Crippen LogP contribution >= 0.6 is 0 Å². The van der Waals surface area contributed by atoms with Crippen molar-refractivity contribution >= 4 is 61.2 Å². The molecule has 0 amide bonds. The monoisotopic (exact) mass is 453 g/mol. The second-order valence-corrected chi connectivity index (χ2v) is 10.4. The number of hydrogen-bond acceptors (Lipinski definition) is 2. The first-order valence-electron chi connectivity index (χ1n) is 12.3. The first-order valence-corrected chi connectivity index (χ1v) is 12.3. The van der Waals surface area contributed by atoms with Crippen LogP contribution in [-0.2, 0) is 0 Å². The molecule has 0 aliphatic carbocycles. The van der Waals surface area contributed by atoms with Crippen molar-refractivity contribution in [3.05, 3.63) is 95.6 Å². The number of hydrogen-bond donors (Lipinski definition) is 0. The zero-order valence-electron chi connectivity index (χ0n) is 20.4. The zero-order valence-corrected chi connectivity index (χ0v) is 20.4. The second-order valence-electron chi connectivity index (χ2n) is 10.4. The van der Waals surface area contributed by atoms with Crippen molar-refractivity contribution in [3.63, 3.8) is 0 Å². The Kier molecular flexibility index (Phi) is 3.35. The average Bonchev–Trinajstić information content (AvgIpc) is 2.89. The molecule has 0 unspecified atom stereocenters. The van der Waals surface area contributed by atoms with E-state index in [1.165, 1.54) is 65.2 Å². The first kappa shape index (κ1) is 19.2. The Morgan fingerprint density at radius 3 is 1.26 bits per heavy atom. The third-order valence-electron chi connectivity index (χ3n) is 9.06. The number of rotatable bonds is 0. The topological polar surface area (TPSA) is 12.5 Å². The van der Waals surface area contributed by atoms with Crippen LogP contribution in [0, 0.1) is 0 Å². The van der Waals surface area contributed by atoms with Gasteiger partial charge in [-0.25, -0.2) is 0 Å². The molecule has 35 heavy (non-hydrogen) atoms. The predicted octanol–water partition coefficient (Wildman–Crippen LogP) is 4.01. The summed E-state index contributed by atoms with van der Waals surface area (Å²) in [5, 5.41) is 13.2. The maximum absolute atomic E-state index is 2.52. The SMILES string of the molecule is CN1c2ccc3cccc4ccc(c2c34)=[N+](C)[B-]12N(C)c1ccc3cccc4ccc(c1c34)=[N+]2C. The lowest BCUT2D eigenvalue weighted by Gasteiger charge is -2.48. The van der Waals surface area contributed by atoms with Crippen LogP contribution in [0.2, 0.25) is 0 Å². The lowest BCUT2D eigenvalue weighted by atomic mass is 9.63. The Labute approximate surface area is 203 Å². The van der Waals surface area contributed by atoms with Gasteiger partial charge in [0.15, 0.2) is 10.7 Å². The zero-order chi connectivity index (χ0) is 23.6. The molecule has 6 aromatic rings. The summed E-state index contributed by atoms with van der Waals surface area (Å²) in [6.07, 6.45) is 0. The van der Waals surface area contributed by atoms with Crippen LogP contribution in [0.5, 0.6) is 0 Å². The summed E-state index contributed by atoms with van der Waals surface area (Å²) in [7, 11) is 9.07. The fourth-order valence-electron chi connectivity index (χ4n) is 7.57. The molecule has 0 bridgehead atoms. The van der Waals surface area contributed by atoms with Crippen LogP contribution < -0.4 is 29.3 Å². The van der Waals surface area contributed by atoms with Crippen LogP contribution in [0.4, 0.5) is 11.4 Å². The van der Waals surface area contributed by atoms with Gasteiger partial charge in [-0.3, -0.25) is 0 Å². The number of anilines is 2. The van der Waals surface area contributed by atoms with Crippen molar-refractivity contribution in [1.29, 1.82) is 0 Å². The Balaban J connectivity index is 1.60. The van der Waals surface area contributed by atoms with Crippen LogP contribution in [0.25, 0.3) is 43.1 Å². The smallest absolute Gasteiger partial charge is 0.395 e. The fraction of sp³-hybridized carbons (Fsp3) is 0.133. The summed E-state index contributed by atoms with van der Waals surface area (Å²) in [6.45, 7) is -1.47. The van der Waals surface area contributed by atoms with E-state index < -0.39 is 6.69 Å². The van der Waals surface area contributed by atoms with E-state index in [4.69, 9.17) is 0 Å². The van der Waals surface area contributed by atoms with E-state index in [0.29, 0.717) is 0 Å². The van der Waals surface area contributed by atoms with Crippen molar-refractivity contribution in [3.8, 4) is 0 Å². The molecule has 0 radical (unpaired) electrons. The molecule has 1 spiro atoms. The highest BCUT2D eigenvalue weighted by atomic mass is 15.4. The summed E-state index contributed by atoms with van der Waals surface area (Å²) < 4.78 is 5.03. The molecule has 0 fully saturated rings. The predicted molar refractivity (Wildman–Crippen MR) is 150 cm³/mol. The van der Waals surface area contributed by atoms with Crippen LogP contribution in [0.15, 0.2) is 84.9 Å². The minimum Gasteiger partial charge on any atom is -0.395 e. The summed E-state index contributed by atoms with van der Waals surface area (Å²) in [6, 6.07) is 31.6. The van der Waals surface area contributed by atoms with Gasteiger partial charge in [0.25, 0.3) is 0 Å². The minimum absolute atomic E-state index is 1.28. The number of benzene rings is 6. The molecule has 0 saturated heterocycles. The standard InChI is InChI=1S/C30H26BN4/c1-32-23-15-11-19-7-5-8-20-12-16-24(29(23)27(19)20)33(2)31(32)34(3)25-17-13-21-9-6-10-22-14-18-26(35(31)4)30(25)28(21)22/h5-18H,1-4H3/q+1. The second kappa shape index (κ2) is 6.11. The van der Waals surface area contributed by atoms with Gasteiger partial charge in [0.05, 0.1) is 24.9 Å². The van der Waals surface area contributed by atoms with E-state index in [9.17, 15) is 0 Å². The highest BCUT2D eigenvalue weighted by Gasteiger charge is 2.63. The molecule has 0 saturated carbocycles. The highest BCUT2D eigenvalue weighted by molar-refractivity contribution is 6.84. The Morgan fingerprint density at radius 2 is 0.857 bits per heavy atom. The fourth-order valence-corrected chi connectivity index (χ4v) is 7.57. The van der Waals surface area contributed by atoms with E-state index in [-0.39, 0.29) is 0 Å². The van der Waals surface area contributed by atoms with Gasteiger partial charge >= 0.3 is 6.69 Å². The third kappa shape index (κ3) is 2.00. The molecular formula is C30H26BN4+. The minimum atomic E-state index is -1.47. The normalized spacial score (nSPS) is 16.6. The summed E-state index contributed by atoms with van der Waals surface area (Å²) in [5.74, 6) is 0. The van der Waals surface area contributed by atoms with Crippen LogP contribution in [0.3, 0.4) is 0 Å². The van der Waals surface area contributed by atoms with E-state index >= 15 is 0 Å². The van der Waals surface area contributed by atoms with E-state index in [0.717, 1.165) is 0 Å². The molecular weight excluding hydrogens is 427 g/mol. The molecule has 4 nitrogen and oxygen atoms in total. The Hall–Kier alpha value is -4.12. The van der Waals surface area contributed by atoms with Gasteiger partial charge in [-0.2, -0.15) is 0 Å². The van der Waals surface area contributed by atoms with Crippen molar-refractivity contribution in [1.82, 2.24) is 8.97 Å². The lowest BCUT2D eigenvalue weighted by Crippen LogP contribution is -2.84. The lowest BCUT2D eigenvalue weighted by molar-refractivity contribution is 0.749. The Morgan fingerprint density at radius 1 is 0.486 bits per heavy atom. The molecule has 2 aliphatic heterocycles. The van der Waals surface area contributed by atoms with Gasteiger partial charge in [0.1, 0.15) is 0 Å². The maximum Gasteiger partial charge on any atom is 0.755 e. The molecule has 2 aliphatic rings. The van der Waals surface area contributed by atoms with Crippen LogP contribution in [0.1, 0.15) is 0 Å². The number of nitrogens with zero attached hydrogens (tertiary/aromatic N) is 4. The summed E-state index contributed by atoms with van der Waals surface area (Å²) in [4.78, 5) is 5.03. The van der Waals surface area contributed by atoms with Crippen molar-refractivity contribution < 1.29 is 0 Å². The van der Waals surface area contributed by atoms with E-state index in [1.807, 2.05) is 0 Å². The van der Waals surface area contributed by atoms with Gasteiger partial charge in [-0.1, -0.05) is 48.5 Å². The highest BCUT2D eigenvalue weighted by Crippen LogP contribution is 2.39. The largest absolute Gasteiger partial charge is 0.755 e. The van der Waals surface area contributed by atoms with Crippen LogP contribution in [-0.4, -0.2) is 34.9 Å². The molecule has 0 N–H and O–H groups in total. The van der Waals surface area contributed by atoms with Crippen molar-refractivity contribution in [2.75, 3.05) is 37.8 Å². The average molecular weight is 453 g/mol. The van der Waals surface area contributed by atoms with Gasteiger partial charge in [-0.05, 0) is 59.9 Å². The summed E-state index contributed by atoms with van der Waals surface area (Å²) >= 11 is 0.